The lowest BCUT2D eigenvalue weighted by atomic mass is 10.1. The van der Waals surface area contributed by atoms with Gasteiger partial charge in [0.1, 0.15) is 0 Å². The van der Waals surface area contributed by atoms with Gasteiger partial charge in [0, 0.05) is 23.9 Å². The number of hydrogen-bond acceptors (Lipinski definition) is 4. The van der Waals surface area contributed by atoms with Crippen molar-refractivity contribution < 1.29 is 14.3 Å². The van der Waals surface area contributed by atoms with Gasteiger partial charge in [-0.25, -0.2) is 4.79 Å². The van der Waals surface area contributed by atoms with Crippen LogP contribution >= 0.6 is 15.9 Å². The molecule has 2 N–H and O–H groups in total. The summed E-state index contributed by atoms with van der Waals surface area (Å²) >= 11 is 3.31. The number of unbranched alkanes of at least 4 members (excludes halogenated alkanes) is 1. The minimum atomic E-state index is -0.335. The maximum Gasteiger partial charge on any atom is 0.338 e. The SMILES string of the molecule is COCCCCOC(=O)c1cc(Br)cc(N)c1C. The van der Waals surface area contributed by atoms with Crippen LogP contribution in [0, 0.1) is 6.92 Å². The molecule has 18 heavy (non-hydrogen) atoms. The molecule has 100 valence electrons. The van der Waals surface area contributed by atoms with E-state index in [2.05, 4.69) is 15.9 Å². The summed E-state index contributed by atoms with van der Waals surface area (Å²) in [5, 5.41) is 0. The van der Waals surface area contributed by atoms with Gasteiger partial charge < -0.3 is 15.2 Å². The van der Waals surface area contributed by atoms with Crippen LogP contribution in [-0.4, -0.2) is 26.3 Å². The Hall–Kier alpha value is -1.07. The highest BCUT2D eigenvalue weighted by atomic mass is 79.9. The quantitative estimate of drug-likeness (QED) is 0.498. The normalized spacial score (nSPS) is 10.4. The molecule has 1 aromatic rings. The summed E-state index contributed by atoms with van der Waals surface area (Å²) in [7, 11) is 1.65. The molecule has 0 unspecified atom stereocenters. The highest BCUT2D eigenvalue weighted by molar-refractivity contribution is 9.10. The third kappa shape index (κ3) is 4.31. The molecule has 0 fully saturated rings. The number of nitrogens with two attached hydrogens (primary N) is 1. The Morgan fingerprint density at radius 3 is 2.67 bits per heavy atom. The first kappa shape index (κ1) is 15.0. The monoisotopic (exact) mass is 315 g/mol. The van der Waals surface area contributed by atoms with Gasteiger partial charge in [-0.2, -0.15) is 0 Å². The molecular weight excluding hydrogens is 298 g/mol. The molecule has 0 aliphatic carbocycles. The van der Waals surface area contributed by atoms with Gasteiger partial charge in [-0.05, 0) is 37.5 Å². The first-order chi connectivity index (χ1) is 8.56. The molecule has 0 aromatic heterocycles. The fourth-order valence-electron chi connectivity index (χ4n) is 1.50. The minimum absolute atomic E-state index is 0.335. The topological polar surface area (TPSA) is 61.5 Å². The second-order valence-corrected chi connectivity index (χ2v) is 4.92. The molecule has 0 bridgehead atoms. The van der Waals surface area contributed by atoms with Gasteiger partial charge in [0.25, 0.3) is 0 Å². The molecule has 0 aliphatic rings. The smallest absolute Gasteiger partial charge is 0.338 e. The Labute approximate surface area is 116 Å². The fraction of sp³-hybridized carbons (Fsp3) is 0.462. The summed E-state index contributed by atoms with van der Waals surface area (Å²) in [5.74, 6) is -0.335. The molecule has 5 heteroatoms. The predicted molar refractivity (Wildman–Crippen MR) is 74.7 cm³/mol. The summed E-state index contributed by atoms with van der Waals surface area (Å²) < 4.78 is 10.9. The van der Waals surface area contributed by atoms with Crippen molar-refractivity contribution in [1.82, 2.24) is 0 Å². The van der Waals surface area contributed by atoms with Crippen LogP contribution < -0.4 is 5.73 Å². The number of carbonyl (C=O) groups is 1. The van der Waals surface area contributed by atoms with E-state index in [4.69, 9.17) is 15.2 Å². The van der Waals surface area contributed by atoms with Gasteiger partial charge >= 0.3 is 5.97 Å². The summed E-state index contributed by atoms with van der Waals surface area (Å²) in [6.07, 6.45) is 1.67. The molecule has 0 aliphatic heterocycles. The van der Waals surface area contributed by atoms with E-state index in [9.17, 15) is 4.79 Å². The van der Waals surface area contributed by atoms with Crippen LogP contribution in [0.3, 0.4) is 0 Å². The average molecular weight is 316 g/mol. The van der Waals surface area contributed by atoms with Gasteiger partial charge in [0.05, 0.1) is 12.2 Å². The number of carbonyl (C=O) groups excluding carboxylic acids is 1. The van der Waals surface area contributed by atoms with E-state index in [-0.39, 0.29) is 5.97 Å². The summed E-state index contributed by atoms with van der Waals surface area (Å²) in [6.45, 7) is 2.89. The van der Waals surface area contributed by atoms with Crippen LogP contribution in [0.2, 0.25) is 0 Å². The highest BCUT2D eigenvalue weighted by Gasteiger charge is 2.13. The van der Waals surface area contributed by atoms with Gasteiger partial charge in [-0.3, -0.25) is 0 Å². The third-order valence-electron chi connectivity index (χ3n) is 2.61. The molecule has 0 saturated heterocycles. The molecule has 0 radical (unpaired) electrons. The van der Waals surface area contributed by atoms with Gasteiger partial charge in [0.2, 0.25) is 0 Å². The lowest BCUT2D eigenvalue weighted by Gasteiger charge is -2.09. The molecule has 0 atom stereocenters. The standard InChI is InChI=1S/C13H18BrNO3/c1-9-11(7-10(14)8-12(9)15)13(16)18-6-4-3-5-17-2/h7-8H,3-6,15H2,1-2H3. The van der Waals surface area contributed by atoms with Crippen molar-refractivity contribution in [3.05, 3.63) is 27.7 Å². The Balaban J connectivity index is 2.56. The van der Waals surface area contributed by atoms with Crippen molar-refractivity contribution in [2.75, 3.05) is 26.1 Å². The molecule has 0 saturated carbocycles. The number of hydrogen-bond donors (Lipinski definition) is 1. The molecule has 0 amide bonds. The van der Waals surface area contributed by atoms with Gasteiger partial charge in [0.15, 0.2) is 0 Å². The van der Waals surface area contributed by atoms with Crippen molar-refractivity contribution in [1.29, 1.82) is 0 Å². The lowest BCUT2D eigenvalue weighted by molar-refractivity contribution is 0.0488. The summed E-state index contributed by atoms with van der Waals surface area (Å²) in [5.41, 5.74) is 7.64. The highest BCUT2D eigenvalue weighted by Crippen LogP contribution is 2.23. The van der Waals surface area contributed by atoms with Crippen LogP contribution in [0.25, 0.3) is 0 Å². The third-order valence-corrected chi connectivity index (χ3v) is 3.07. The number of esters is 1. The maximum absolute atomic E-state index is 11.9. The van der Waals surface area contributed by atoms with Crippen molar-refractivity contribution in [3.63, 3.8) is 0 Å². The van der Waals surface area contributed by atoms with Crippen molar-refractivity contribution >= 4 is 27.6 Å². The van der Waals surface area contributed by atoms with E-state index in [1.807, 2.05) is 6.92 Å². The number of methoxy groups -OCH3 is 1. The van der Waals surface area contributed by atoms with Crippen LogP contribution in [-0.2, 0) is 9.47 Å². The van der Waals surface area contributed by atoms with Crippen LogP contribution in [0.1, 0.15) is 28.8 Å². The van der Waals surface area contributed by atoms with Gasteiger partial charge in [-0.15, -0.1) is 0 Å². The van der Waals surface area contributed by atoms with Crippen LogP contribution in [0.4, 0.5) is 5.69 Å². The van der Waals surface area contributed by atoms with E-state index in [0.717, 1.165) is 22.9 Å². The largest absolute Gasteiger partial charge is 0.462 e. The Bertz CT molecular complexity index is 421. The van der Waals surface area contributed by atoms with Crippen molar-refractivity contribution in [3.8, 4) is 0 Å². The van der Waals surface area contributed by atoms with E-state index in [0.29, 0.717) is 24.5 Å². The lowest BCUT2D eigenvalue weighted by Crippen LogP contribution is -2.10. The molecule has 1 aromatic carbocycles. The van der Waals surface area contributed by atoms with Crippen LogP contribution in [0.5, 0.6) is 0 Å². The number of anilines is 1. The van der Waals surface area contributed by atoms with Gasteiger partial charge in [-0.1, -0.05) is 15.9 Å². The van der Waals surface area contributed by atoms with E-state index in [1.54, 1.807) is 19.2 Å². The summed E-state index contributed by atoms with van der Waals surface area (Å²) in [6, 6.07) is 3.49. The summed E-state index contributed by atoms with van der Waals surface area (Å²) in [4.78, 5) is 11.9. The Morgan fingerprint density at radius 1 is 1.33 bits per heavy atom. The number of nitrogen functional groups attached to an aromatic ring is 1. The number of halogens is 1. The molecule has 1 rings (SSSR count). The zero-order valence-electron chi connectivity index (χ0n) is 10.7. The van der Waals surface area contributed by atoms with E-state index >= 15 is 0 Å². The number of ether oxygens (including phenoxy) is 2. The molecule has 0 heterocycles. The Morgan fingerprint density at radius 2 is 2.00 bits per heavy atom. The molecule has 4 nitrogen and oxygen atoms in total. The molecular formula is C13H18BrNO3. The maximum atomic E-state index is 11.9. The first-order valence-corrected chi connectivity index (χ1v) is 6.57. The Kier molecular flexibility index (Phi) is 6.15. The average Bonchev–Trinajstić information content (AvgIpc) is 2.33. The van der Waals surface area contributed by atoms with E-state index < -0.39 is 0 Å². The van der Waals surface area contributed by atoms with Crippen molar-refractivity contribution in [2.45, 2.75) is 19.8 Å². The van der Waals surface area contributed by atoms with Crippen molar-refractivity contribution in [2.24, 2.45) is 0 Å². The van der Waals surface area contributed by atoms with E-state index in [1.165, 1.54) is 0 Å². The first-order valence-electron chi connectivity index (χ1n) is 5.78. The fourth-order valence-corrected chi connectivity index (χ4v) is 1.98. The second kappa shape index (κ2) is 7.38. The number of rotatable bonds is 6. The predicted octanol–water partition coefficient (Wildman–Crippen LogP) is 2.92. The molecule has 0 spiro atoms. The number of benzene rings is 1. The minimum Gasteiger partial charge on any atom is -0.462 e. The second-order valence-electron chi connectivity index (χ2n) is 4.00. The van der Waals surface area contributed by atoms with Crippen LogP contribution in [0.15, 0.2) is 16.6 Å². The zero-order valence-corrected chi connectivity index (χ0v) is 12.2. The zero-order chi connectivity index (χ0) is 13.5.